The third-order valence-corrected chi connectivity index (χ3v) is 3.35. The number of carbonyl (C=O) groups is 1. The summed E-state index contributed by atoms with van der Waals surface area (Å²) in [6.07, 6.45) is 0.880. The Hall–Kier alpha value is -0.340. The van der Waals surface area contributed by atoms with Gasteiger partial charge >= 0.3 is 0 Å². The molecule has 0 aliphatic carbocycles. The fourth-order valence-corrected chi connectivity index (χ4v) is 2.40. The highest BCUT2D eigenvalue weighted by atomic mass is 79.9. The molecule has 0 heterocycles. The van der Waals surface area contributed by atoms with Crippen LogP contribution in [-0.4, -0.2) is 5.78 Å². The van der Waals surface area contributed by atoms with E-state index in [0.29, 0.717) is 0 Å². The fraction of sp³-hybridized carbons (Fsp3) is 0.364. The second kappa shape index (κ2) is 4.94. The Balaban J connectivity index is 3.23. The van der Waals surface area contributed by atoms with E-state index in [4.69, 9.17) is 11.6 Å². The van der Waals surface area contributed by atoms with Crippen molar-refractivity contribution in [3.8, 4) is 0 Å². The van der Waals surface area contributed by atoms with Gasteiger partial charge in [-0.1, -0.05) is 35.0 Å². The van der Waals surface area contributed by atoms with Crippen LogP contribution >= 0.6 is 27.5 Å². The van der Waals surface area contributed by atoms with Crippen LogP contribution < -0.4 is 0 Å². The third-order valence-electron chi connectivity index (χ3n) is 2.13. The van der Waals surface area contributed by atoms with E-state index in [1.165, 1.54) is 6.92 Å². The average Bonchev–Trinajstić information content (AvgIpc) is 2.16. The summed E-state index contributed by atoms with van der Waals surface area (Å²) in [5, 5.41) is -0.541. The summed E-state index contributed by atoms with van der Waals surface area (Å²) in [6, 6.07) is 5.86. The molecule has 0 fully saturated rings. The van der Waals surface area contributed by atoms with E-state index < -0.39 is 5.38 Å². The zero-order valence-electron chi connectivity index (χ0n) is 8.18. The number of hydrogen-bond acceptors (Lipinski definition) is 1. The Morgan fingerprint density at radius 1 is 1.57 bits per heavy atom. The van der Waals surface area contributed by atoms with Gasteiger partial charge < -0.3 is 0 Å². The molecule has 14 heavy (non-hydrogen) atoms. The highest BCUT2D eigenvalue weighted by molar-refractivity contribution is 9.10. The van der Waals surface area contributed by atoms with Crippen LogP contribution in [0.25, 0.3) is 0 Å². The quantitative estimate of drug-likeness (QED) is 0.765. The fourth-order valence-electron chi connectivity index (χ4n) is 1.38. The molecule has 0 saturated carbocycles. The average molecular weight is 276 g/mol. The van der Waals surface area contributed by atoms with Gasteiger partial charge in [-0.15, -0.1) is 11.6 Å². The van der Waals surface area contributed by atoms with Gasteiger partial charge in [0.25, 0.3) is 0 Å². The first-order valence-electron chi connectivity index (χ1n) is 4.49. The molecule has 1 rings (SSSR count). The van der Waals surface area contributed by atoms with Gasteiger partial charge in [0.15, 0.2) is 5.78 Å². The smallest absolute Gasteiger partial charge is 0.152 e. The minimum atomic E-state index is -0.541. The first-order chi connectivity index (χ1) is 6.57. The van der Waals surface area contributed by atoms with Crippen molar-refractivity contribution in [1.29, 1.82) is 0 Å². The van der Waals surface area contributed by atoms with E-state index in [1.54, 1.807) is 0 Å². The van der Waals surface area contributed by atoms with Crippen molar-refractivity contribution >= 4 is 33.3 Å². The number of carbonyl (C=O) groups excluding carboxylic acids is 1. The molecular weight excluding hydrogens is 263 g/mol. The lowest BCUT2D eigenvalue weighted by molar-refractivity contribution is -0.116. The predicted octanol–water partition coefficient (Wildman–Crippen LogP) is 3.88. The number of rotatable bonds is 3. The molecule has 0 bridgehead atoms. The molecule has 1 unspecified atom stereocenters. The number of halogens is 2. The van der Waals surface area contributed by atoms with Crippen LogP contribution in [-0.2, 0) is 11.2 Å². The molecule has 0 aliphatic rings. The summed E-state index contributed by atoms with van der Waals surface area (Å²) in [5.74, 6) is -0.0201. The molecule has 1 aromatic carbocycles. The molecular formula is C11H12BrClO. The molecule has 3 heteroatoms. The summed E-state index contributed by atoms with van der Waals surface area (Å²) in [6.45, 7) is 3.56. The standard InChI is InChI=1S/C11H12BrClO/c1-3-8-5-4-6-9(12)10(8)11(13)7(2)14/h4-6,11H,3H2,1-2H3. The largest absolute Gasteiger partial charge is 0.298 e. The second-order valence-corrected chi connectivity index (χ2v) is 4.43. The molecule has 0 N–H and O–H groups in total. The summed E-state index contributed by atoms with van der Waals surface area (Å²) < 4.78 is 0.909. The lowest BCUT2D eigenvalue weighted by Gasteiger charge is -2.13. The highest BCUT2D eigenvalue weighted by Crippen LogP contribution is 2.32. The van der Waals surface area contributed by atoms with Crippen LogP contribution in [0.2, 0.25) is 0 Å². The number of Topliss-reactive ketones (excluding diaryl/α,β-unsaturated/α-hetero) is 1. The first kappa shape index (κ1) is 11.7. The van der Waals surface area contributed by atoms with E-state index >= 15 is 0 Å². The Morgan fingerprint density at radius 3 is 2.71 bits per heavy atom. The predicted molar refractivity (Wildman–Crippen MR) is 62.8 cm³/mol. The van der Waals surface area contributed by atoms with E-state index in [-0.39, 0.29) is 5.78 Å². The topological polar surface area (TPSA) is 17.1 Å². The van der Waals surface area contributed by atoms with Gasteiger partial charge in [-0.2, -0.15) is 0 Å². The van der Waals surface area contributed by atoms with E-state index in [1.807, 2.05) is 18.2 Å². The lowest BCUT2D eigenvalue weighted by atomic mass is 10.0. The summed E-state index contributed by atoms with van der Waals surface area (Å²) >= 11 is 9.47. The van der Waals surface area contributed by atoms with Crippen molar-refractivity contribution in [1.82, 2.24) is 0 Å². The van der Waals surface area contributed by atoms with Crippen molar-refractivity contribution in [3.05, 3.63) is 33.8 Å². The minimum absolute atomic E-state index is 0.0201. The molecule has 76 valence electrons. The van der Waals surface area contributed by atoms with E-state index in [0.717, 1.165) is 22.0 Å². The zero-order chi connectivity index (χ0) is 10.7. The van der Waals surface area contributed by atoms with Crippen molar-refractivity contribution in [2.45, 2.75) is 25.6 Å². The maximum Gasteiger partial charge on any atom is 0.152 e. The number of benzene rings is 1. The van der Waals surface area contributed by atoms with Crippen LogP contribution in [0.15, 0.2) is 22.7 Å². The van der Waals surface area contributed by atoms with Crippen molar-refractivity contribution in [2.75, 3.05) is 0 Å². The van der Waals surface area contributed by atoms with Crippen molar-refractivity contribution < 1.29 is 4.79 Å². The molecule has 0 aliphatic heterocycles. The summed E-state index contributed by atoms with van der Waals surface area (Å²) in [7, 11) is 0. The lowest BCUT2D eigenvalue weighted by Crippen LogP contribution is -2.05. The first-order valence-corrected chi connectivity index (χ1v) is 5.72. The van der Waals surface area contributed by atoms with Gasteiger partial charge in [-0.25, -0.2) is 0 Å². The van der Waals surface area contributed by atoms with Gasteiger partial charge in [0.05, 0.1) is 0 Å². The normalized spacial score (nSPS) is 12.6. The molecule has 1 nitrogen and oxygen atoms in total. The molecule has 0 radical (unpaired) electrons. The zero-order valence-corrected chi connectivity index (χ0v) is 10.5. The number of hydrogen-bond donors (Lipinski definition) is 0. The summed E-state index contributed by atoms with van der Waals surface area (Å²) in [4.78, 5) is 11.2. The maximum atomic E-state index is 11.2. The molecule has 1 aromatic rings. The molecule has 0 saturated heterocycles. The van der Waals surface area contributed by atoms with Gasteiger partial charge in [0, 0.05) is 4.47 Å². The summed E-state index contributed by atoms with van der Waals surface area (Å²) in [5.41, 5.74) is 2.03. The Bertz CT molecular complexity index is 349. The highest BCUT2D eigenvalue weighted by Gasteiger charge is 2.18. The second-order valence-electron chi connectivity index (χ2n) is 3.14. The van der Waals surface area contributed by atoms with Gasteiger partial charge in [-0.3, -0.25) is 4.79 Å². The van der Waals surface area contributed by atoms with E-state index in [9.17, 15) is 4.79 Å². The van der Waals surface area contributed by atoms with Gasteiger partial charge in [0.1, 0.15) is 5.38 Å². The Labute approximate surface area is 97.6 Å². The number of alkyl halides is 1. The van der Waals surface area contributed by atoms with E-state index in [2.05, 4.69) is 22.9 Å². The molecule has 0 amide bonds. The van der Waals surface area contributed by atoms with Crippen molar-refractivity contribution in [2.24, 2.45) is 0 Å². The molecule has 0 spiro atoms. The van der Waals surface area contributed by atoms with Crippen molar-refractivity contribution in [3.63, 3.8) is 0 Å². The van der Waals surface area contributed by atoms with Gasteiger partial charge in [-0.05, 0) is 30.5 Å². The van der Waals surface area contributed by atoms with Crippen LogP contribution in [0.3, 0.4) is 0 Å². The number of aryl methyl sites for hydroxylation is 1. The number of ketones is 1. The van der Waals surface area contributed by atoms with Gasteiger partial charge in [0.2, 0.25) is 0 Å². The minimum Gasteiger partial charge on any atom is -0.298 e. The molecule has 1 atom stereocenters. The SMILES string of the molecule is CCc1cccc(Br)c1C(Cl)C(C)=O. The van der Waals surface area contributed by atoms with Crippen LogP contribution in [0.4, 0.5) is 0 Å². The van der Waals surface area contributed by atoms with Crippen LogP contribution in [0.5, 0.6) is 0 Å². The Kier molecular flexibility index (Phi) is 4.14. The Morgan fingerprint density at radius 2 is 2.21 bits per heavy atom. The van der Waals surface area contributed by atoms with Crippen LogP contribution in [0, 0.1) is 0 Å². The molecule has 0 aromatic heterocycles. The maximum absolute atomic E-state index is 11.2. The van der Waals surface area contributed by atoms with Crippen LogP contribution in [0.1, 0.15) is 30.4 Å². The third kappa shape index (κ3) is 2.37. The monoisotopic (exact) mass is 274 g/mol.